The van der Waals surface area contributed by atoms with Crippen LogP contribution in [0.2, 0.25) is 0 Å². The van der Waals surface area contributed by atoms with Gasteiger partial charge < -0.3 is 16.4 Å². The number of hydrogen-bond acceptors (Lipinski definition) is 4. The second-order valence-electron chi connectivity index (χ2n) is 5.54. The Balaban J connectivity index is 0.00000220. The van der Waals surface area contributed by atoms with E-state index in [2.05, 4.69) is 22.5 Å². The zero-order valence-corrected chi connectivity index (χ0v) is 12.8. The molecule has 7 heteroatoms. The summed E-state index contributed by atoms with van der Waals surface area (Å²) in [6, 6.07) is 3.02. The van der Waals surface area contributed by atoms with Gasteiger partial charge in [-0.15, -0.1) is 12.4 Å². The normalized spacial score (nSPS) is 16.6. The molecular weight excluding hydrogens is 292 g/mol. The van der Waals surface area contributed by atoms with E-state index in [1.165, 1.54) is 18.3 Å². The van der Waals surface area contributed by atoms with Gasteiger partial charge in [-0.25, -0.2) is 0 Å². The molecule has 4 N–H and O–H groups in total. The monoisotopic (exact) mass is 312 g/mol. The number of nitrogens with one attached hydrogen (secondary N) is 2. The molecule has 0 aliphatic carbocycles. The quantitative estimate of drug-likeness (QED) is 0.763. The molecule has 0 radical (unpaired) electrons. The van der Waals surface area contributed by atoms with Crippen molar-refractivity contribution in [3.8, 4) is 0 Å². The Labute approximate surface area is 130 Å². The summed E-state index contributed by atoms with van der Waals surface area (Å²) in [5, 5.41) is 6.22. The zero-order chi connectivity index (χ0) is 14.6. The van der Waals surface area contributed by atoms with Crippen LogP contribution in [0, 0.1) is 5.41 Å². The second kappa shape index (κ2) is 7.38. The number of primary amides is 1. The molecule has 1 fully saturated rings. The average Bonchev–Trinajstić information content (AvgIpc) is 2.46. The van der Waals surface area contributed by atoms with Crippen molar-refractivity contribution >= 4 is 24.2 Å². The first-order valence-electron chi connectivity index (χ1n) is 6.75. The number of halogens is 1. The molecule has 21 heavy (non-hydrogen) atoms. The lowest BCUT2D eigenvalue weighted by atomic mass is 9.81. The molecular formula is C14H21ClN4O2. The molecule has 2 heterocycles. The van der Waals surface area contributed by atoms with Crippen LogP contribution in [0.1, 0.15) is 40.6 Å². The summed E-state index contributed by atoms with van der Waals surface area (Å²) in [5.41, 5.74) is 5.86. The maximum atomic E-state index is 12.0. The number of aromatic nitrogens is 1. The van der Waals surface area contributed by atoms with Crippen LogP contribution in [0.4, 0.5) is 0 Å². The predicted octanol–water partition coefficient (Wildman–Crippen LogP) is 0.722. The minimum atomic E-state index is -0.549. The predicted molar refractivity (Wildman–Crippen MR) is 82.5 cm³/mol. The number of nitrogens with zero attached hydrogens (tertiary/aromatic N) is 1. The molecule has 6 nitrogen and oxygen atoms in total. The maximum absolute atomic E-state index is 12.0. The number of nitrogens with two attached hydrogens (primary N) is 1. The van der Waals surface area contributed by atoms with E-state index in [1.807, 2.05) is 0 Å². The summed E-state index contributed by atoms with van der Waals surface area (Å²) in [6.45, 7) is 4.78. The molecule has 1 aromatic heterocycles. The van der Waals surface area contributed by atoms with Gasteiger partial charge in [-0.2, -0.15) is 0 Å². The lowest BCUT2D eigenvalue weighted by Gasteiger charge is -2.34. The third kappa shape index (κ3) is 4.68. The third-order valence-electron chi connectivity index (χ3n) is 3.77. The fraction of sp³-hybridized carbons (Fsp3) is 0.500. The van der Waals surface area contributed by atoms with Crippen LogP contribution in [0.15, 0.2) is 18.3 Å². The van der Waals surface area contributed by atoms with Gasteiger partial charge in [0.15, 0.2) is 0 Å². The minimum Gasteiger partial charge on any atom is -0.366 e. The number of carbonyl (C=O) groups excluding carboxylic acids is 2. The number of pyridine rings is 1. The molecule has 0 unspecified atom stereocenters. The summed E-state index contributed by atoms with van der Waals surface area (Å²) in [5.74, 6) is -0.771. The smallest absolute Gasteiger partial charge is 0.269 e. The van der Waals surface area contributed by atoms with E-state index in [4.69, 9.17) is 5.73 Å². The van der Waals surface area contributed by atoms with Crippen LogP contribution in [0.5, 0.6) is 0 Å². The van der Waals surface area contributed by atoms with E-state index < -0.39 is 5.91 Å². The fourth-order valence-electron chi connectivity index (χ4n) is 2.27. The molecule has 0 spiro atoms. The summed E-state index contributed by atoms with van der Waals surface area (Å²) in [4.78, 5) is 26.9. The van der Waals surface area contributed by atoms with Gasteiger partial charge in [0.05, 0.1) is 5.56 Å². The first-order valence-corrected chi connectivity index (χ1v) is 6.75. The van der Waals surface area contributed by atoms with Crippen LogP contribution in [0.25, 0.3) is 0 Å². The molecule has 2 rings (SSSR count). The van der Waals surface area contributed by atoms with E-state index in [0.717, 1.165) is 25.9 Å². The lowest BCUT2D eigenvalue weighted by molar-refractivity contribution is 0.0915. The lowest BCUT2D eigenvalue weighted by Crippen LogP contribution is -2.43. The standard InChI is InChI=1S/C14H20N4O2.ClH/c1-14(4-6-16-7-5-14)9-18-13(20)11-3-2-10(8-17-11)12(15)19;/h2-3,8,16H,4-7,9H2,1H3,(H2,15,19)(H,18,20);1H. The molecule has 1 aromatic rings. The third-order valence-corrected chi connectivity index (χ3v) is 3.77. The summed E-state index contributed by atoms with van der Waals surface area (Å²) < 4.78 is 0. The van der Waals surface area contributed by atoms with Gasteiger partial charge in [-0.05, 0) is 43.5 Å². The Bertz CT molecular complexity index is 498. The van der Waals surface area contributed by atoms with Gasteiger partial charge in [-0.3, -0.25) is 14.6 Å². The Morgan fingerprint density at radius 2 is 2.05 bits per heavy atom. The Kier molecular flexibility index (Phi) is 6.11. The molecule has 0 bridgehead atoms. The van der Waals surface area contributed by atoms with Crippen LogP contribution in [0.3, 0.4) is 0 Å². The molecule has 116 valence electrons. The van der Waals surface area contributed by atoms with Crippen molar-refractivity contribution in [3.63, 3.8) is 0 Å². The first-order chi connectivity index (χ1) is 9.50. The van der Waals surface area contributed by atoms with Crippen molar-refractivity contribution in [3.05, 3.63) is 29.6 Å². The van der Waals surface area contributed by atoms with E-state index >= 15 is 0 Å². The molecule has 0 aromatic carbocycles. The summed E-state index contributed by atoms with van der Waals surface area (Å²) >= 11 is 0. The highest BCUT2D eigenvalue weighted by Gasteiger charge is 2.27. The highest BCUT2D eigenvalue weighted by molar-refractivity contribution is 5.95. The largest absolute Gasteiger partial charge is 0.366 e. The second-order valence-corrected chi connectivity index (χ2v) is 5.54. The first kappa shape index (κ1) is 17.4. The van der Waals surface area contributed by atoms with Crippen molar-refractivity contribution in [2.24, 2.45) is 11.1 Å². The van der Waals surface area contributed by atoms with E-state index in [9.17, 15) is 9.59 Å². The molecule has 0 atom stereocenters. The Morgan fingerprint density at radius 3 is 2.57 bits per heavy atom. The van der Waals surface area contributed by atoms with Crippen LogP contribution in [-0.4, -0.2) is 36.4 Å². The van der Waals surface area contributed by atoms with E-state index in [-0.39, 0.29) is 23.7 Å². The van der Waals surface area contributed by atoms with Crippen molar-refractivity contribution < 1.29 is 9.59 Å². The summed E-state index contributed by atoms with van der Waals surface area (Å²) in [7, 11) is 0. The SMILES string of the molecule is CC1(CNC(=O)c2ccc(C(N)=O)cn2)CCNCC1.Cl. The molecule has 1 aliphatic rings. The average molecular weight is 313 g/mol. The van der Waals surface area contributed by atoms with Gasteiger partial charge >= 0.3 is 0 Å². The highest BCUT2D eigenvalue weighted by atomic mass is 35.5. The number of rotatable bonds is 4. The Morgan fingerprint density at radius 1 is 1.38 bits per heavy atom. The van der Waals surface area contributed by atoms with Crippen molar-refractivity contribution in [1.82, 2.24) is 15.6 Å². The number of hydrogen-bond donors (Lipinski definition) is 3. The zero-order valence-electron chi connectivity index (χ0n) is 12.0. The summed E-state index contributed by atoms with van der Waals surface area (Å²) in [6.07, 6.45) is 3.41. The van der Waals surface area contributed by atoms with Crippen molar-refractivity contribution in [2.45, 2.75) is 19.8 Å². The van der Waals surface area contributed by atoms with Crippen LogP contribution in [-0.2, 0) is 0 Å². The van der Waals surface area contributed by atoms with Gasteiger partial charge in [0.25, 0.3) is 5.91 Å². The Hall–Kier alpha value is -1.66. The van der Waals surface area contributed by atoms with Crippen LogP contribution >= 0.6 is 12.4 Å². The van der Waals surface area contributed by atoms with Crippen molar-refractivity contribution in [1.29, 1.82) is 0 Å². The highest BCUT2D eigenvalue weighted by Crippen LogP contribution is 2.26. The van der Waals surface area contributed by atoms with Crippen LogP contribution < -0.4 is 16.4 Å². The number of amides is 2. The van der Waals surface area contributed by atoms with Crippen molar-refractivity contribution in [2.75, 3.05) is 19.6 Å². The molecule has 2 amide bonds. The topological polar surface area (TPSA) is 97.1 Å². The molecule has 1 aliphatic heterocycles. The number of piperidine rings is 1. The van der Waals surface area contributed by atoms with Gasteiger partial charge in [0.1, 0.15) is 5.69 Å². The molecule has 0 saturated carbocycles. The molecule has 1 saturated heterocycles. The fourth-order valence-corrected chi connectivity index (χ4v) is 2.27. The maximum Gasteiger partial charge on any atom is 0.269 e. The van der Waals surface area contributed by atoms with Gasteiger partial charge in [0.2, 0.25) is 5.91 Å². The van der Waals surface area contributed by atoms with E-state index in [0.29, 0.717) is 17.8 Å². The number of carbonyl (C=O) groups is 2. The van der Waals surface area contributed by atoms with Gasteiger partial charge in [0, 0.05) is 12.7 Å². The van der Waals surface area contributed by atoms with E-state index in [1.54, 1.807) is 0 Å². The van der Waals surface area contributed by atoms with Gasteiger partial charge in [-0.1, -0.05) is 6.92 Å². The minimum absolute atomic E-state index is 0.